The SMILES string of the molecule is CCC(C)C(N)C(=O)NCCCC1CCCCC1. The fourth-order valence-electron chi connectivity index (χ4n) is 2.71. The maximum Gasteiger partial charge on any atom is 0.237 e. The van der Waals surface area contributed by atoms with E-state index in [0.717, 1.165) is 25.3 Å². The van der Waals surface area contributed by atoms with E-state index in [4.69, 9.17) is 5.73 Å². The van der Waals surface area contributed by atoms with Gasteiger partial charge in [-0.3, -0.25) is 4.79 Å². The second kappa shape index (κ2) is 8.52. The Balaban J connectivity index is 2.07. The Morgan fingerprint density at radius 3 is 2.61 bits per heavy atom. The molecular formula is C15H30N2O. The van der Waals surface area contributed by atoms with Gasteiger partial charge in [0, 0.05) is 6.54 Å². The van der Waals surface area contributed by atoms with Crippen LogP contribution in [0.5, 0.6) is 0 Å². The van der Waals surface area contributed by atoms with E-state index in [9.17, 15) is 4.79 Å². The Morgan fingerprint density at radius 2 is 2.00 bits per heavy atom. The molecule has 1 rings (SSSR count). The third-order valence-corrected chi connectivity index (χ3v) is 4.37. The number of rotatable bonds is 7. The van der Waals surface area contributed by atoms with Crippen molar-refractivity contribution in [1.29, 1.82) is 0 Å². The Labute approximate surface area is 112 Å². The summed E-state index contributed by atoms with van der Waals surface area (Å²) in [7, 11) is 0. The largest absolute Gasteiger partial charge is 0.355 e. The summed E-state index contributed by atoms with van der Waals surface area (Å²) in [6.45, 7) is 4.90. The highest BCUT2D eigenvalue weighted by molar-refractivity contribution is 5.81. The van der Waals surface area contributed by atoms with Crippen LogP contribution in [0.3, 0.4) is 0 Å². The molecule has 1 fully saturated rings. The molecule has 1 aliphatic rings. The quantitative estimate of drug-likeness (QED) is 0.686. The molecule has 0 spiro atoms. The topological polar surface area (TPSA) is 55.1 Å². The molecule has 1 amide bonds. The molecule has 3 nitrogen and oxygen atoms in total. The predicted molar refractivity (Wildman–Crippen MR) is 76.2 cm³/mol. The lowest BCUT2D eigenvalue weighted by molar-refractivity contribution is -0.123. The van der Waals surface area contributed by atoms with Crippen LogP contribution in [0.15, 0.2) is 0 Å². The van der Waals surface area contributed by atoms with Gasteiger partial charge in [-0.25, -0.2) is 0 Å². The first kappa shape index (κ1) is 15.5. The number of carbonyl (C=O) groups is 1. The van der Waals surface area contributed by atoms with Gasteiger partial charge in [0.05, 0.1) is 6.04 Å². The number of nitrogens with two attached hydrogens (primary N) is 1. The van der Waals surface area contributed by atoms with Crippen LogP contribution in [0.1, 0.15) is 65.2 Å². The van der Waals surface area contributed by atoms with Crippen molar-refractivity contribution in [3.05, 3.63) is 0 Å². The lowest BCUT2D eigenvalue weighted by Gasteiger charge is -2.22. The van der Waals surface area contributed by atoms with Crippen LogP contribution in [0.2, 0.25) is 0 Å². The second-order valence-corrected chi connectivity index (χ2v) is 5.85. The summed E-state index contributed by atoms with van der Waals surface area (Å²) in [4.78, 5) is 11.8. The number of amides is 1. The van der Waals surface area contributed by atoms with Crippen molar-refractivity contribution in [3.8, 4) is 0 Å². The standard InChI is InChI=1S/C15H30N2O/c1-3-12(2)14(16)15(18)17-11-7-10-13-8-5-4-6-9-13/h12-14H,3-11,16H2,1-2H3,(H,17,18). The molecule has 0 aromatic carbocycles. The molecule has 3 N–H and O–H groups in total. The van der Waals surface area contributed by atoms with Gasteiger partial charge in [0.15, 0.2) is 0 Å². The fraction of sp³-hybridized carbons (Fsp3) is 0.933. The highest BCUT2D eigenvalue weighted by Gasteiger charge is 2.19. The molecule has 0 aromatic heterocycles. The zero-order chi connectivity index (χ0) is 13.4. The summed E-state index contributed by atoms with van der Waals surface area (Å²) in [5.41, 5.74) is 5.88. The third-order valence-electron chi connectivity index (χ3n) is 4.37. The fourth-order valence-corrected chi connectivity index (χ4v) is 2.71. The number of hydrogen-bond acceptors (Lipinski definition) is 2. The summed E-state index contributed by atoms with van der Waals surface area (Å²) in [6.07, 6.45) is 10.3. The predicted octanol–water partition coefficient (Wildman–Crippen LogP) is 2.84. The van der Waals surface area contributed by atoms with E-state index >= 15 is 0 Å². The first-order chi connectivity index (χ1) is 8.65. The van der Waals surface area contributed by atoms with Crippen LogP contribution in [-0.4, -0.2) is 18.5 Å². The van der Waals surface area contributed by atoms with Gasteiger partial charge in [-0.1, -0.05) is 52.4 Å². The van der Waals surface area contributed by atoms with Gasteiger partial charge in [0.2, 0.25) is 5.91 Å². The Morgan fingerprint density at radius 1 is 1.33 bits per heavy atom. The van der Waals surface area contributed by atoms with Gasteiger partial charge in [-0.15, -0.1) is 0 Å². The summed E-state index contributed by atoms with van der Waals surface area (Å²) in [5, 5.41) is 2.97. The average molecular weight is 254 g/mol. The van der Waals surface area contributed by atoms with E-state index in [1.54, 1.807) is 0 Å². The summed E-state index contributed by atoms with van der Waals surface area (Å²) >= 11 is 0. The first-order valence-corrected chi connectivity index (χ1v) is 7.68. The van der Waals surface area contributed by atoms with E-state index in [-0.39, 0.29) is 17.9 Å². The molecule has 1 saturated carbocycles. The molecule has 3 heteroatoms. The minimum atomic E-state index is -0.343. The van der Waals surface area contributed by atoms with Gasteiger partial charge < -0.3 is 11.1 Å². The van der Waals surface area contributed by atoms with Crippen molar-refractivity contribution < 1.29 is 4.79 Å². The molecule has 0 heterocycles. The van der Waals surface area contributed by atoms with Crippen molar-refractivity contribution in [2.24, 2.45) is 17.6 Å². The third kappa shape index (κ3) is 5.38. The van der Waals surface area contributed by atoms with Gasteiger partial charge in [-0.2, -0.15) is 0 Å². The Hall–Kier alpha value is -0.570. The Kier molecular flexibility index (Phi) is 7.33. The van der Waals surface area contributed by atoms with E-state index < -0.39 is 0 Å². The molecule has 106 valence electrons. The molecule has 0 radical (unpaired) electrons. The van der Waals surface area contributed by atoms with E-state index in [2.05, 4.69) is 12.2 Å². The van der Waals surface area contributed by atoms with Crippen LogP contribution in [0.25, 0.3) is 0 Å². The molecule has 0 aromatic rings. The molecule has 0 bridgehead atoms. The van der Waals surface area contributed by atoms with E-state index in [1.165, 1.54) is 38.5 Å². The highest BCUT2D eigenvalue weighted by atomic mass is 16.2. The molecular weight excluding hydrogens is 224 g/mol. The van der Waals surface area contributed by atoms with Crippen molar-refractivity contribution >= 4 is 5.91 Å². The van der Waals surface area contributed by atoms with Crippen molar-refractivity contribution in [2.45, 2.75) is 71.3 Å². The lowest BCUT2D eigenvalue weighted by Crippen LogP contribution is -2.44. The van der Waals surface area contributed by atoms with Crippen LogP contribution in [0.4, 0.5) is 0 Å². The van der Waals surface area contributed by atoms with Crippen molar-refractivity contribution in [2.75, 3.05) is 6.54 Å². The smallest absolute Gasteiger partial charge is 0.237 e. The number of nitrogens with one attached hydrogen (secondary N) is 1. The van der Waals surface area contributed by atoms with Crippen LogP contribution < -0.4 is 11.1 Å². The molecule has 2 atom stereocenters. The monoisotopic (exact) mass is 254 g/mol. The van der Waals surface area contributed by atoms with Crippen LogP contribution in [0, 0.1) is 11.8 Å². The van der Waals surface area contributed by atoms with Crippen molar-refractivity contribution in [1.82, 2.24) is 5.32 Å². The molecule has 18 heavy (non-hydrogen) atoms. The highest BCUT2D eigenvalue weighted by Crippen LogP contribution is 2.26. The van der Waals surface area contributed by atoms with Gasteiger partial charge in [0.1, 0.15) is 0 Å². The normalized spacial score (nSPS) is 20.4. The summed E-state index contributed by atoms with van der Waals surface area (Å²) < 4.78 is 0. The lowest BCUT2D eigenvalue weighted by atomic mass is 9.86. The second-order valence-electron chi connectivity index (χ2n) is 5.85. The summed E-state index contributed by atoms with van der Waals surface area (Å²) in [6, 6.07) is -0.343. The van der Waals surface area contributed by atoms with Gasteiger partial charge in [-0.05, 0) is 24.7 Å². The maximum absolute atomic E-state index is 11.8. The minimum absolute atomic E-state index is 0.0213. The zero-order valence-electron chi connectivity index (χ0n) is 12.1. The van der Waals surface area contributed by atoms with Crippen molar-refractivity contribution in [3.63, 3.8) is 0 Å². The van der Waals surface area contributed by atoms with Gasteiger partial charge >= 0.3 is 0 Å². The first-order valence-electron chi connectivity index (χ1n) is 7.68. The maximum atomic E-state index is 11.8. The minimum Gasteiger partial charge on any atom is -0.355 e. The molecule has 0 saturated heterocycles. The van der Waals surface area contributed by atoms with E-state index in [0.29, 0.717) is 0 Å². The van der Waals surface area contributed by atoms with Crippen LogP contribution in [-0.2, 0) is 4.79 Å². The molecule has 2 unspecified atom stereocenters. The van der Waals surface area contributed by atoms with E-state index in [1.807, 2.05) is 6.92 Å². The Bertz CT molecular complexity index is 237. The average Bonchev–Trinajstić information content (AvgIpc) is 2.42. The van der Waals surface area contributed by atoms with Gasteiger partial charge in [0.25, 0.3) is 0 Å². The zero-order valence-corrected chi connectivity index (χ0v) is 12.1. The molecule has 1 aliphatic carbocycles. The number of hydrogen-bond donors (Lipinski definition) is 2. The van der Waals surface area contributed by atoms with Crippen LogP contribution >= 0.6 is 0 Å². The molecule has 0 aliphatic heterocycles. The summed E-state index contributed by atoms with van der Waals surface area (Å²) in [5.74, 6) is 1.19. The number of carbonyl (C=O) groups excluding carboxylic acids is 1.